The Morgan fingerprint density at radius 3 is 1.20 bits per heavy atom. The molecule has 0 spiro atoms. The number of fused-ring (bicyclic) bond motifs is 15. The molecule has 0 amide bonds. The Labute approximate surface area is 814 Å². The fourth-order valence-corrected chi connectivity index (χ4v) is 25.9. The van der Waals surface area contributed by atoms with E-state index < -0.39 is 0 Å². The second-order valence-electron chi connectivity index (χ2n) is 34.2. The van der Waals surface area contributed by atoms with Gasteiger partial charge in [-0.25, -0.2) is 39.9 Å². The summed E-state index contributed by atoms with van der Waals surface area (Å²) in [5.74, 6) is 2.52. The second kappa shape index (κ2) is 40.7. The van der Waals surface area contributed by atoms with E-state index in [1.807, 2.05) is 79.4 Å². The zero-order valence-corrected chi connectivity index (χ0v) is 80.6. The first-order valence-corrected chi connectivity index (χ1v) is 51.3. The second-order valence-corrected chi connectivity index (χ2v) is 41.3. The number of rotatable bonds is 10. The van der Waals surface area contributed by atoms with Crippen molar-refractivity contribution in [1.82, 2.24) is 69.8 Å². The molecule has 7 aliphatic heterocycles. The van der Waals surface area contributed by atoms with Gasteiger partial charge in [-0.3, -0.25) is 14.9 Å². The van der Waals surface area contributed by atoms with E-state index in [9.17, 15) is 4.79 Å². The number of nitrogen functional groups attached to an aromatic ring is 1. The van der Waals surface area contributed by atoms with Crippen molar-refractivity contribution in [1.29, 1.82) is 0 Å². The first-order valence-electron chi connectivity index (χ1n) is 45.3. The van der Waals surface area contributed by atoms with Gasteiger partial charge in [0.1, 0.15) is 12.0 Å². The number of nitrogens with two attached hydrogens (primary N) is 1. The molecule has 16 heterocycles. The molecule has 37 heteroatoms. The van der Waals surface area contributed by atoms with Crippen molar-refractivity contribution >= 4 is 158 Å². The van der Waals surface area contributed by atoms with E-state index in [1.165, 1.54) is 48.8 Å². The quantitative estimate of drug-likeness (QED) is 0.115. The summed E-state index contributed by atoms with van der Waals surface area (Å²) in [7, 11) is 0. The molecule has 686 valence electrons. The van der Waals surface area contributed by atoms with E-state index in [-0.39, 0.29) is 41.3 Å². The van der Waals surface area contributed by atoms with Crippen LogP contribution in [-0.2, 0) is 54.3 Å². The standard InChI is InChI=1S/C20H20ClN5OS.C20H20ClN3O2S.2C19H19ClN4OS.C18H18ClN5OS/c21-14-4-1-12(2-5-14)15-6-3-13-11-23-19(22)24-16(13)18-17(15)25-20(28-18)26-7-9-27-10-8-26;21-13-3-1-12(2-4-13)14-5-6-15-16(25)11-22-17(15)19-18(14)23-20(27-19)24-7-9-26-10-8-24;20-14-4-1-12(2-5-14)15-6-3-13-11-21-23-16(13)18-17(15)22-19(26-18)24-7-9-25-10-8-24;20-13-3-1-12(2-4-13)14-5-6-15-17(22-11-21-15)18-16(14)23-19(26-18)24-7-9-25-10-8-24;19-13-3-1-12(2-4-13)14-5-6-24-11-20-22-17(24)16-15(14)21-18(26-16)23-7-9-25-10-8-23/h1-2,4-5,11,15H,3,6-10H2,(H2,22,23,24);1-4,14-15H,5-11H2;1-2,4-5,11,15H,3,6-10H2,(H,21,23);1-4,11,14H,5-10H2,(H,21,22);1-4,11,14H,5-10H2. The average Bonchev–Trinajstić information content (AvgIpc) is 1.62. The molecule has 0 bridgehead atoms. The maximum atomic E-state index is 12.4. The molecule has 27 nitrogen and oxygen atoms in total. The molecule has 4 N–H and O–H groups in total. The van der Waals surface area contributed by atoms with Crippen LogP contribution in [0.2, 0.25) is 25.1 Å². The van der Waals surface area contributed by atoms with Crippen molar-refractivity contribution in [3.63, 3.8) is 0 Å². The average molecular weight is 1980 g/mol. The fraction of sp³-hybridized carbons (Fsp3) is 0.385. The molecular formula is C96H96Cl5N21O6S5. The molecule has 133 heavy (non-hydrogen) atoms. The molecule has 6 unspecified atom stereocenters. The number of halogens is 5. The molecule has 11 aliphatic rings. The lowest BCUT2D eigenvalue weighted by Gasteiger charge is -2.26. The molecule has 0 saturated carbocycles. The van der Waals surface area contributed by atoms with Gasteiger partial charge in [0, 0.05) is 139 Å². The lowest BCUT2D eigenvalue weighted by Crippen LogP contribution is -2.36. The number of Topliss-reactive ketones (excluding diaryl/α,β-unsaturated/α-hetero) is 1. The smallest absolute Gasteiger partial charge is 0.220 e. The summed E-state index contributed by atoms with van der Waals surface area (Å²) in [4.78, 5) is 76.5. The maximum Gasteiger partial charge on any atom is 0.220 e. The van der Waals surface area contributed by atoms with E-state index in [2.05, 4.69) is 135 Å². The lowest BCUT2D eigenvalue weighted by atomic mass is 9.90. The molecule has 4 aliphatic carbocycles. The molecule has 6 atom stereocenters. The minimum Gasteiger partial charge on any atom is -0.378 e. The van der Waals surface area contributed by atoms with Crippen LogP contribution in [0.1, 0.15) is 146 Å². The van der Waals surface area contributed by atoms with Gasteiger partial charge in [0.05, 0.1) is 161 Å². The van der Waals surface area contributed by atoms with Crippen LogP contribution in [0, 0.1) is 5.92 Å². The highest BCUT2D eigenvalue weighted by Crippen LogP contribution is 2.52. The summed E-state index contributed by atoms with van der Waals surface area (Å²) in [5, 5.41) is 25.0. The zero-order valence-electron chi connectivity index (χ0n) is 72.7. The van der Waals surface area contributed by atoms with Crippen LogP contribution in [-0.4, -0.2) is 219 Å². The third kappa shape index (κ3) is 19.5. The maximum absolute atomic E-state index is 12.4. The predicted molar refractivity (Wildman–Crippen MR) is 531 cm³/mol. The summed E-state index contributed by atoms with van der Waals surface area (Å²) >= 11 is 39.1. The Morgan fingerprint density at radius 2 is 0.744 bits per heavy atom. The van der Waals surface area contributed by atoms with E-state index in [0.29, 0.717) is 12.5 Å². The number of H-pyrrole nitrogens is 2. The topological polar surface area (TPSA) is 296 Å². The van der Waals surface area contributed by atoms with Gasteiger partial charge < -0.3 is 63.5 Å². The number of nitrogens with zero attached hydrogens (tertiary/aromatic N) is 18. The molecule has 5 aromatic carbocycles. The van der Waals surface area contributed by atoms with Crippen LogP contribution in [0.4, 0.5) is 31.6 Å². The first-order chi connectivity index (χ1) is 65.3. The normalized spacial score (nSPS) is 20.7. The number of nitrogens with one attached hydrogen (secondary N) is 2. The summed E-state index contributed by atoms with van der Waals surface area (Å²) in [6.45, 7) is 17.4. The number of ether oxygens (including phenoxy) is 5. The summed E-state index contributed by atoms with van der Waals surface area (Å²) in [5.41, 5.74) is 25.4. The number of carbonyl (C=O) groups excluding carboxylic acids is 1. The van der Waals surface area contributed by atoms with E-state index in [1.54, 1.807) is 63.0 Å². The minimum atomic E-state index is -0.0703. The van der Waals surface area contributed by atoms with E-state index >= 15 is 0 Å². The number of thiazole rings is 5. The number of anilines is 6. The van der Waals surface area contributed by atoms with Gasteiger partial charge in [0.15, 0.2) is 37.3 Å². The highest BCUT2D eigenvalue weighted by Gasteiger charge is 2.42. The van der Waals surface area contributed by atoms with Gasteiger partial charge in [0.2, 0.25) is 5.95 Å². The Balaban J connectivity index is 0.000000100. The van der Waals surface area contributed by atoms with Crippen LogP contribution in [0.25, 0.3) is 42.4 Å². The van der Waals surface area contributed by atoms with Crippen LogP contribution < -0.4 is 30.2 Å². The van der Waals surface area contributed by atoms with Crippen LogP contribution in [0.5, 0.6) is 0 Å². The lowest BCUT2D eigenvalue weighted by molar-refractivity contribution is -0.119. The number of morpholine rings is 5. The molecule has 25 rings (SSSR count). The van der Waals surface area contributed by atoms with Crippen molar-refractivity contribution < 1.29 is 28.5 Å². The summed E-state index contributed by atoms with van der Waals surface area (Å²) in [6.07, 6.45) is 16.0. The van der Waals surface area contributed by atoms with Gasteiger partial charge in [-0.15, -0.1) is 10.2 Å². The van der Waals surface area contributed by atoms with Crippen molar-refractivity contribution in [3.8, 4) is 42.4 Å². The number of aryl methyl sites for hydroxylation is 4. The van der Waals surface area contributed by atoms with E-state index in [0.717, 1.165) is 324 Å². The predicted octanol–water partition coefficient (Wildman–Crippen LogP) is 18.9. The van der Waals surface area contributed by atoms with Crippen molar-refractivity contribution in [3.05, 3.63) is 249 Å². The monoisotopic (exact) mass is 1970 g/mol. The number of imidazole rings is 1. The SMILES string of the molecule is Clc1ccc(C2CCc3[nH]cnc3-c3sc(N4CCOCC4)nc32)cc1.Clc1ccc(C2CCc3cn[nH]c3-c3sc(N4CCOCC4)nc32)cc1.Clc1ccc(C2CCn3cnnc3-c3sc(N4CCOCC4)nc32)cc1.Nc1ncc2c(n1)-c1sc(N3CCOCC3)nc1C(c1ccc(Cl)cc1)CC2.O=C1CN=C2c3sc(N4CCOCC4)nc3C(c3ccc(Cl)cc3)CCC12. The number of carbonyl (C=O) groups is 1. The highest BCUT2D eigenvalue weighted by molar-refractivity contribution is 7.20. The third-order valence-corrected chi connectivity index (χ3v) is 33.2. The van der Waals surface area contributed by atoms with Gasteiger partial charge in [-0.05, 0) is 157 Å². The third-order valence-electron chi connectivity index (χ3n) is 26.3. The Kier molecular flexibility index (Phi) is 27.5. The fourth-order valence-electron chi connectivity index (χ4n) is 19.2. The zero-order chi connectivity index (χ0) is 90.0. The number of aromatic nitrogens is 14. The number of ketones is 1. The summed E-state index contributed by atoms with van der Waals surface area (Å²) < 4.78 is 29.6. The number of aromatic amines is 2. The number of hydrogen-bond acceptors (Lipinski definition) is 29. The van der Waals surface area contributed by atoms with Crippen molar-refractivity contribution in [2.24, 2.45) is 10.9 Å². The van der Waals surface area contributed by atoms with Gasteiger partial charge >= 0.3 is 0 Å². The molecule has 5 fully saturated rings. The summed E-state index contributed by atoms with van der Waals surface area (Å²) in [6, 6.07) is 40.6. The van der Waals surface area contributed by atoms with Crippen LogP contribution >= 0.6 is 115 Å². The molecule has 14 aromatic rings. The number of hydrogen-bond donors (Lipinski definition) is 3. The molecule has 9 aromatic heterocycles. The first kappa shape index (κ1) is 89.8. The molecule has 0 radical (unpaired) electrons. The van der Waals surface area contributed by atoms with Crippen LogP contribution in [0.15, 0.2) is 151 Å². The van der Waals surface area contributed by atoms with Gasteiger partial charge in [-0.1, -0.05) is 175 Å². The Bertz CT molecular complexity index is 6070. The van der Waals surface area contributed by atoms with Gasteiger partial charge in [-0.2, -0.15) is 5.10 Å². The Hall–Kier alpha value is -9.72. The van der Waals surface area contributed by atoms with Crippen molar-refractivity contribution in [2.75, 3.05) is 168 Å². The molecular weight excluding hydrogens is 1880 g/mol. The minimum absolute atomic E-state index is 0.0703. The molecule has 5 saturated heterocycles. The van der Waals surface area contributed by atoms with E-state index in [4.69, 9.17) is 112 Å². The van der Waals surface area contributed by atoms with Crippen LogP contribution in [0.3, 0.4) is 0 Å². The van der Waals surface area contributed by atoms with Gasteiger partial charge in [0.25, 0.3) is 0 Å². The highest BCUT2D eigenvalue weighted by atomic mass is 35.5. The Morgan fingerprint density at radius 1 is 0.376 bits per heavy atom. The largest absolute Gasteiger partial charge is 0.378 e. The number of aliphatic imine (C=N–C) groups is 1. The number of benzene rings is 5. The van der Waals surface area contributed by atoms with Crippen molar-refractivity contribution in [2.45, 2.75) is 93.9 Å².